The van der Waals surface area contributed by atoms with E-state index in [1.165, 1.54) is 0 Å². The van der Waals surface area contributed by atoms with E-state index in [9.17, 15) is 0 Å². The maximum atomic E-state index is 4.44. The number of hydrogen-bond acceptors (Lipinski definition) is 1. The van der Waals surface area contributed by atoms with Gasteiger partial charge in [-0.15, -0.1) is 0 Å². The van der Waals surface area contributed by atoms with Crippen molar-refractivity contribution in [1.82, 2.24) is 9.55 Å². The monoisotopic (exact) mass is 184 g/mol. The summed E-state index contributed by atoms with van der Waals surface area (Å²) in [5.74, 6) is 0.941. The van der Waals surface area contributed by atoms with E-state index in [2.05, 4.69) is 18.1 Å². The number of benzene rings is 1. The van der Waals surface area contributed by atoms with Crippen LogP contribution in [-0.4, -0.2) is 9.55 Å². The molecule has 2 nitrogen and oxygen atoms in total. The lowest BCUT2D eigenvalue weighted by atomic mass is 10.3. The second-order valence-electron chi connectivity index (χ2n) is 3.18. The van der Waals surface area contributed by atoms with Crippen molar-refractivity contribution >= 4 is 16.7 Å². The molecule has 14 heavy (non-hydrogen) atoms. The Hall–Kier alpha value is -1.83. The maximum Gasteiger partial charge on any atom is 0.111 e. The van der Waals surface area contributed by atoms with E-state index < -0.39 is 0 Å². The van der Waals surface area contributed by atoms with E-state index >= 15 is 0 Å². The van der Waals surface area contributed by atoms with Crippen LogP contribution in [0.1, 0.15) is 5.82 Å². The molecule has 1 aromatic heterocycles. The van der Waals surface area contributed by atoms with Gasteiger partial charge in [-0.3, -0.25) is 4.57 Å². The Morgan fingerprint density at radius 1 is 1.43 bits per heavy atom. The molecule has 0 amide bonds. The zero-order valence-corrected chi connectivity index (χ0v) is 8.20. The van der Waals surface area contributed by atoms with E-state index in [-0.39, 0.29) is 0 Å². The Bertz CT molecular complexity index is 506. The normalized spacial score (nSPS) is 10.4. The number of para-hydroxylation sites is 2. The first-order valence-electron chi connectivity index (χ1n) is 4.50. The average molecular weight is 184 g/mol. The lowest BCUT2D eigenvalue weighted by Gasteiger charge is -2.04. The van der Waals surface area contributed by atoms with Gasteiger partial charge in [0.05, 0.1) is 11.0 Å². The number of imidazole rings is 1. The van der Waals surface area contributed by atoms with E-state index in [1.807, 2.05) is 35.8 Å². The third-order valence-electron chi connectivity index (χ3n) is 2.25. The van der Waals surface area contributed by atoms with Gasteiger partial charge in [0.2, 0.25) is 0 Å². The van der Waals surface area contributed by atoms with Crippen LogP contribution >= 0.6 is 0 Å². The van der Waals surface area contributed by atoms with Crippen LogP contribution in [0.25, 0.3) is 16.7 Å². The van der Waals surface area contributed by atoms with Gasteiger partial charge in [0.1, 0.15) is 5.82 Å². The minimum absolute atomic E-state index is 0.858. The second-order valence-corrected chi connectivity index (χ2v) is 3.18. The van der Waals surface area contributed by atoms with Gasteiger partial charge in [-0.25, -0.2) is 4.98 Å². The highest BCUT2D eigenvalue weighted by atomic mass is 15.1. The Morgan fingerprint density at radius 2 is 2.14 bits per heavy atom. The summed E-state index contributed by atoms with van der Waals surface area (Å²) in [7, 11) is 0. The number of aromatic nitrogens is 2. The molecule has 1 heterocycles. The minimum Gasteiger partial charge on any atom is -0.297 e. The predicted octanol–water partition coefficient (Wildman–Crippen LogP) is 3.00. The number of allylic oxidation sites excluding steroid dienone is 2. The zero-order chi connectivity index (χ0) is 10.1. The van der Waals surface area contributed by atoms with Crippen LogP contribution in [0.4, 0.5) is 0 Å². The number of fused-ring (bicyclic) bond motifs is 1. The lowest BCUT2D eigenvalue weighted by Crippen LogP contribution is -1.95. The highest BCUT2D eigenvalue weighted by Gasteiger charge is 2.06. The molecular weight excluding hydrogens is 172 g/mol. The van der Waals surface area contributed by atoms with Gasteiger partial charge < -0.3 is 0 Å². The first kappa shape index (κ1) is 8.75. The molecule has 0 saturated carbocycles. The summed E-state index contributed by atoms with van der Waals surface area (Å²) in [5.41, 5.74) is 2.93. The van der Waals surface area contributed by atoms with Crippen molar-refractivity contribution in [1.29, 1.82) is 0 Å². The van der Waals surface area contributed by atoms with Crippen LogP contribution in [0.5, 0.6) is 0 Å². The molecule has 0 aliphatic heterocycles. The van der Waals surface area contributed by atoms with Crippen LogP contribution in [0.15, 0.2) is 43.5 Å². The van der Waals surface area contributed by atoms with Crippen molar-refractivity contribution in [2.45, 2.75) is 6.92 Å². The molecule has 2 rings (SSSR count). The summed E-state index contributed by atoms with van der Waals surface area (Å²) in [4.78, 5) is 4.44. The highest BCUT2D eigenvalue weighted by Crippen LogP contribution is 2.19. The smallest absolute Gasteiger partial charge is 0.111 e. The molecule has 0 fully saturated rings. The zero-order valence-electron chi connectivity index (χ0n) is 8.20. The van der Waals surface area contributed by atoms with Crippen molar-refractivity contribution in [3.63, 3.8) is 0 Å². The molecular formula is C12H12N2. The van der Waals surface area contributed by atoms with Crippen molar-refractivity contribution in [3.05, 3.63) is 49.3 Å². The fourth-order valence-corrected chi connectivity index (χ4v) is 1.60. The quantitative estimate of drug-likeness (QED) is 0.656. The summed E-state index contributed by atoms with van der Waals surface area (Å²) in [6, 6.07) is 8.01. The molecule has 0 aliphatic carbocycles. The first-order chi connectivity index (χ1) is 6.74. The van der Waals surface area contributed by atoms with Crippen LogP contribution in [-0.2, 0) is 0 Å². The molecule has 0 saturated heterocycles. The molecule has 2 aromatic rings. The molecule has 70 valence electrons. The maximum absolute atomic E-state index is 4.44. The van der Waals surface area contributed by atoms with Gasteiger partial charge in [0.25, 0.3) is 0 Å². The van der Waals surface area contributed by atoms with E-state index in [0.29, 0.717) is 0 Å². The van der Waals surface area contributed by atoms with Gasteiger partial charge in [-0.1, -0.05) is 25.3 Å². The molecule has 0 aliphatic rings. The highest BCUT2D eigenvalue weighted by molar-refractivity contribution is 5.81. The van der Waals surface area contributed by atoms with E-state index in [1.54, 1.807) is 6.08 Å². The molecule has 1 aromatic carbocycles. The van der Waals surface area contributed by atoms with Gasteiger partial charge in [-0.05, 0) is 25.1 Å². The molecule has 2 heteroatoms. The molecule has 0 atom stereocenters. The topological polar surface area (TPSA) is 17.8 Å². The van der Waals surface area contributed by atoms with Crippen LogP contribution in [0.3, 0.4) is 0 Å². The van der Waals surface area contributed by atoms with E-state index in [4.69, 9.17) is 0 Å². The summed E-state index contributed by atoms with van der Waals surface area (Å²) in [5, 5.41) is 0. The van der Waals surface area contributed by atoms with Gasteiger partial charge in [0.15, 0.2) is 0 Å². The fourth-order valence-electron chi connectivity index (χ4n) is 1.60. The van der Waals surface area contributed by atoms with Gasteiger partial charge >= 0.3 is 0 Å². The third kappa shape index (κ3) is 1.16. The Labute approximate surface area is 83.2 Å². The third-order valence-corrected chi connectivity index (χ3v) is 2.25. The van der Waals surface area contributed by atoms with Crippen LogP contribution < -0.4 is 0 Å². The van der Waals surface area contributed by atoms with Crippen molar-refractivity contribution < 1.29 is 0 Å². The summed E-state index contributed by atoms with van der Waals surface area (Å²) >= 11 is 0. The molecule has 0 unspecified atom stereocenters. The van der Waals surface area contributed by atoms with Crippen molar-refractivity contribution in [2.24, 2.45) is 0 Å². The number of aryl methyl sites for hydroxylation is 1. The SMILES string of the molecule is C=CC(=C)n1c(C)nc2ccccc21. The summed E-state index contributed by atoms with van der Waals surface area (Å²) in [6.45, 7) is 9.61. The Kier molecular flexibility index (Phi) is 1.97. The summed E-state index contributed by atoms with van der Waals surface area (Å²) in [6.07, 6.45) is 1.74. The summed E-state index contributed by atoms with van der Waals surface area (Å²) < 4.78 is 2.00. The minimum atomic E-state index is 0.858. The predicted molar refractivity (Wildman–Crippen MR) is 60.0 cm³/mol. The number of nitrogens with zero attached hydrogens (tertiary/aromatic N) is 2. The van der Waals surface area contributed by atoms with Gasteiger partial charge in [0, 0.05) is 5.70 Å². The molecule has 0 N–H and O–H groups in total. The molecule has 0 radical (unpaired) electrons. The Morgan fingerprint density at radius 3 is 2.86 bits per heavy atom. The molecule has 0 bridgehead atoms. The first-order valence-corrected chi connectivity index (χ1v) is 4.50. The number of rotatable bonds is 2. The van der Waals surface area contributed by atoms with Crippen LogP contribution in [0, 0.1) is 6.92 Å². The van der Waals surface area contributed by atoms with Crippen molar-refractivity contribution in [2.75, 3.05) is 0 Å². The Balaban J connectivity index is 2.80. The van der Waals surface area contributed by atoms with E-state index in [0.717, 1.165) is 22.6 Å². The lowest BCUT2D eigenvalue weighted by molar-refractivity contribution is 1.03. The average Bonchev–Trinajstić information content (AvgIpc) is 2.53. The molecule has 0 spiro atoms. The fraction of sp³-hybridized carbons (Fsp3) is 0.0833. The largest absolute Gasteiger partial charge is 0.297 e. The van der Waals surface area contributed by atoms with Gasteiger partial charge in [-0.2, -0.15) is 0 Å². The number of hydrogen-bond donors (Lipinski definition) is 0. The van der Waals surface area contributed by atoms with Crippen molar-refractivity contribution in [3.8, 4) is 0 Å². The second kappa shape index (κ2) is 3.14. The standard InChI is InChI=1S/C12H12N2/c1-4-9(2)14-10(3)13-11-7-5-6-8-12(11)14/h4-8H,1-2H2,3H3. The van der Waals surface area contributed by atoms with Crippen LogP contribution in [0.2, 0.25) is 0 Å².